The third-order valence-electron chi connectivity index (χ3n) is 2.91. The largest absolute Gasteiger partial charge is 0.390 e. The Kier molecular flexibility index (Phi) is 2.76. The molecule has 3 aromatic rings. The number of aromatic nitrogens is 1. The number of hydrogen-bond donors (Lipinski definition) is 2. The van der Waals surface area contributed by atoms with Crippen LogP contribution in [0.1, 0.15) is 15.2 Å². The summed E-state index contributed by atoms with van der Waals surface area (Å²) in [4.78, 5) is 16.4. The predicted octanol–water partition coefficient (Wildman–Crippen LogP) is 3.01. The van der Waals surface area contributed by atoms with Crippen LogP contribution in [0.2, 0.25) is 0 Å². The minimum absolute atomic E-state index is 0.443. The first-order valence-corrected chi connectivity index (χ1v) is 7.26. The molecule has 0 aliphatic carbocycles. The molecule has 0 fully saturated rings. The van der Waals surface area contributed by atoms with Gasteiger partial charge in [0, 0.05) is 5.56 Å². The van der Waals surface area contributed by atoms with Crippen LogP contribution >= 0.6 is 22.7 Å². The van der Waals surface area contributed by atoms with Gasteiger partial charge in [-0.25, -0.2) is 4.98 Å². The van der Waals surface area contributed by atoms with Gasteiger partial charge >= 0.3 is 0 Å². The standard InChI is InChI=1S/C13H11N3OS2/c1-6-9(12(15)19-10(6)11(14)17)13-16-7-4-2-3-5-8(7)18-13/h2-5H,15H2,1H3,(H2,14,17). The number of nitrogens with zero attached hydrogens (tertiary/aromatic N) is 1. The maximum absolute atomic E-state index is 11.4. The second kappa shape index (κ2) is 4.32. The summed E-state index contributed by atoms with van der Waals surface area (Å²) >= 11 is 2.79. The molecule has 3 rings (SSSR count). The predicted molar refractivity (Wildman–Crippen MR) is 80.6 cm³/mol. The molecule has 19 heavy (non-hydrogen) atoms. The molecule has 0 radical (unpaired) electrons. The summed E-state index contributed by atoms with van der Waals surface area (Å²) in [6, 6.07) is 7.90. The number of nitrogens with two attached hydrogens (primary N) is 2. The lowest BCUT2D eigenvalue weighted by Gasteiger charge is -1.97. The van der Waals surface area contributed by atoms with Gasteiger partial charge in [0.25, 0.3) is 5.91 Å². The van der Waals surface area contributed by atoms with Gasteiger partial charge in [-0.1, -0.05) is 12.1 Å². The summed E-state index contributed by atoms with van der Waals surface area (Å²) in [5, 5.41) is 1.42. The van der Waals surface area contributed by atoms with Crippen LogP contribution in [0, 0.1) is 6.92 Å². The highest BCUT2D eigenvalue weighted by molar-refractivity contribution is 7.23. The molecule has 96 valence electrons. The summed E-state index contributed by atoms with van der Waals surface area (Å²) in [5.41, 5.74) is 13.9. The highest BCUT2D eigenvalue weighted by Crippen LogP contribution is 2.41. The lowest BCUT2D eigenvalue weighted by Crippen LogP contribution is -2.10. The molecule has 6 heteroatoms. The van der Waals surface area contributed by atoms with Gasteiger partial charge in [0.15, 0.2) is 0 Å². The van der Waals surface area contributed by atoms with E-state index in [-0.39, 0.29) is 0 Å². The number of carbonyl (C=O) groups excluding carboxylic acids is 1. The normalized spacial score (nSPS) is 11.0. The zero-order valence-electron chi connectivity index (χ0n) is 10.1. The van der Waals surface area contributed by atoms with E-state index >= 15 is 0 Å². The smallest absolute Gasteiger partial charge is 0.259 e. The number of primary amides is 1. The average molecular weight is 289 g/mol. The fourth-order valence-electron chi connectivity index (χ4n) is 2.02. The van der Waals surface area contributed by atoms with Crippen LogP contribution in [-0.2, 0) is 0 Å². The molecule has 0 aliphatic heterocycles. The number of rotatable bonds is 2. The minimum Gasteiger partial charge on any atom is -0.390 e. The number of amides is 1. The SMILES string of the molecule is Cc1c(C(N)=O)sc(N)c1-c1nc2ccccc2s1. The van der Waals surface area contributed by atoms with Gasteiger partial charge < -0.3 is 11.5 Å². The first-order valence-electron chi connectivity index (χ1n) is 5.62. The number of anilines is 1. The van der Waals surface area contributed by atoms with Crippen molar-refractivity contribution in [1.29, 1.82) is 0 Å². The lowest BCUT2D eigenvalue weighted by atomic mass is 10.1. The Morgan fingerprint density at radius 3 is 2.63 bits per heavy atom. The maximum atomic E-state index is 11.4. The monoisotopic (exact) mass is 289 g/mol. The summed E-state index contributed by atoms with van der Waals surface area (Å²) in [5.74, 6) is -0.443. The Bertz CT molecular complexity index is 755. The van der Waals surface area contributed by atoms with Gasteiger partial charge in [-0.15, -0.1) is 22.7 Å². The molecule has 4 nitrogen and oxygen atoms in total. The Labute approximate surface area is 117 Å². The Morgan fingerprint density at radius 2 is 2.00 bits per heavy atom. The van der Waals surface area contributed by atoms with E-state index in [9.17, 15) is 4.79 Å². The fraction of sp³-hybridized carbons (Fsp3) is 0.0769. The van der Waals surface area contributed by atoms with Gasteiger partial charge in [0.1, 0.15) is 5.01 Å². The average Bonchev–Trinajstić information content (AvgIpc) is 2.90. The first-order chi connectivity index (χ1) is 9.08. The second-order valence-electron chi connectivity index (χ2n) is 4.15. The summed E-state index contributed by atoms with van der Waals surface area (Å²) in [7, 11) is 0. The van der Waals surface area contributed by atoms with Crippen molar-refractivity contribution < 1.29 is 4.79 Å². The minimum atomic E-state index is -0.443. The van der Waals surface area contributed by atoms with Crippen LogP contribution in [0.4, 0.5) is 5.00 Å². The summed E-state index contributed by atoms with van der Waals surface area (Å²) < 4.78 is 1.10. The van der Waals surface area contributed by atoms with E-state index in [1.165, 1.54) is 11.3 Å². The number of nitrogen functional groups attached to an aromatic ring is 1. The van der Waals surface area contributed by atoms with Crippen LogP contribution in [0.3, 0.4) is 0 Å². The van der Waals surface area contributed by atoms with Gasteiger partial charge in [-0.2, -0.15) is 0 Å². The van der Waals surface area contributed by atoms with E-state index < -0.39 is 5.91 Å². The quantitative estimate of drug-likeness (QED) is 0.760. The van der Waals surface area contributed by atoms with E-state index in [2.05, 4.69) is 4.98 Å². The molecule has 0 saturated carbocycles. The summed E-state index contributed by atoms with van der Waals surface area (Å²) in [6.07, 6.45) is 0. The number of benzene rings is 1. The van der Waals surface area contributed by atoms with Crippen molar-refractivity contribution in [2.45, 2.75) is 6.92 Å². The molecule has 0 atom stereocenters. The molecule has 2 aromatic heterocycles. The van der Waals surface area contributed by atoms with Crippen LogP contribution < -0.4 is 11.5 Å². The molecular formula is C13H11N3OS2. The van der Waals surface area contributed by atoms with Crippen molar-refractivity contribution in [3.05, 3.63) is 34.7 Å². The van der Waals surface area contributed by atoms with Gasteiger partial charge in [0.05, 0.1) is 20.1 Å². The fourth-order valence-corrected chi connectivity index (χ4v) is 4.09. The number of carbonyl (C=O) groups is 1. The van der Waals surface area contributed by atoms with Crippen molar-refractivity contribution in [1.82, 2.24) is 4.98 Å². The highest BCUT2D eigenvalue weighted by atomic mass is 32.1. The van der Waals surface area contributed by atoms with E-state index in [4.69, 9.17) is 11.5 Å². The van der Waals surface area contributed by atoms with Gasteiger partial charge in [-0.05, 0) is 24.6 Å². The summed E-state index contributed by atoms with van der Waals surface area (Å²) in [6.45, 7) is 1.86. The molecule has 0 bridgehead atoms. The van der Waals surface area contributed by atoms with Crippen LogP contribution in [0.5, 0.6) is 0 Å². The number of fused-ring (bicyclic) bond motifs is 1. The van der Waals surface area contributed by atoms with Crippen molar-refractivity contribution in [2.75, 3.05) is 5.73 Å². The molecule has 0 aliphatic rings. The van der Waals surface area contributed by atoms with Crippen LogP contribution in [-0.4, -0.2) is 10.9 Å². The van der Waals surface area contributed by atoms with Crippen LogP contribution in [0.15, 0.2) is 24.3 Å². The molecule has 1 amide bonds. The third-order valence-corrected chi connectivity index (χ3v) is 5.09. The van der Waals surface area contributed by atoms with Crippen molar-refractivity contribution >= 4 is 43.8 Å². The lowest BCUT2D eigenvalue weighted by molar-refractivity contribution is 0.100. The van der Waals surface area contributed by atoms with Crippen molar-refractivity contribution in [2.24, 2.45) is 5.73 Å². The molecule has 4 N–H and O–H groups in total. The number of thiazole rings is 1. The maximum Gasteiger partial charge on any atom is 0.259 e. The molecule has 1 aromatic carbocycles. The van der Waals surface area contributed by atoms with E-state index in [0.29, 0.717) is 9.88 Å². The number of hydrogen-bond acceptors (Lipinski definition) is 5. The molecule has 0 unspecified atom stereocenters. The second-order valence-corrected chi connectivity index (χ2v) is 6.23. The van der Waals surface area contributed by atoms with Crippen LogP contribution in [0.25, 0.3) is 20.8 Å². The Hall–Kier alpha value is -1.92. The van der Waals surface area contributed by atoms with E-state index in [0.717, 1.165) is 26.4 Å². The molecule has 2 heterocycles. The zero-order valence-corrected chi connectivity index (χ0v) is 11.8. The molecule has 0 saturated heterocycles. The number of para-hydroxylation sites is 1. The third kappa shape index (κ3) is 1.89. The van der Waals surface area contributed by atoms with Gasteiger partial charge in [0.2, 0.25) is 0 Å². The Morgan fingerprint density at radius 1 is 1.26 bits per heavy atom. The van der Waals surface area contributed by atoms with Gasteiger partial charge in [-0.3, -0.25) is 4.79 Å². The van der Waals surface area contributed by atoms with E-state index in [1.807, 2.05) is 31.2 Å². The van der Waals surface area contributed by atoms with Crippen molar-refractivity contribution in [3.63, 3.8) is 0 Å². The molecule has 0 spiro atoms. The first kappa shape index (κ1) is 12.1. The highest BCUT2D eigenvalue weighted by Gasteiger charge is 2.20. The molecular weight excluding hydrogens is 278 g/mol. The topological polar surface area (TPSA) is 82.0 Å². The Balaban J connectivity index is 2.24. The van der Waals surface area contributed by atoms with Crippen molar-refractivity contribution in [3.8, 4) is 10.6 Å². The zero-order chi connectivity index (χ0) is 13.6. The van der Waals surface area contributed by atoms with E-state index in [1.54, 1.807) is 11.3 Å². The number of thiophene rings is 1.